The maximum absolute atomic E-state index is 15.2. The number of hydrogen-bond donors (Lipinski definition) is 2. The second kappa shape index (κ2) is 9.12. The molecular weight excluding hydrogens is 509 g/mol. The highest BCUT2D eigenvalue weighted by molar-refractivity contribution is 5.94. The molecule has 0 bridgehead atoms. The molecule has 2 aromatic heterocycles. The molecule has 1 aromatic carbocycles. The van der Waals surface area contributed by atoms with E-state index in [0.717, 1.165) is 37.2 Å². The number of likely N-dealkylation sites (tertiary alicyclic amines) is 1. The number of ether oxygens (including phenoxy) is 2. The van der Waals surface area contributed by atoms with E-state index >= 15 is 4.39 Å². The number of aromatic nitrogens is 3. The highest BCUT2D eigenvalue weighted by Crippen LogP contribution is 2.38. The number of halogens is 1. The number of carbonyl (C=O) groups is 2. The topological polar surface area (TPSA) is 135 Å². The Bertz CT molecular complexity index is 1490. The maximum Gasteiger partial charge on any atom is 0.416 e. The van der Waals surface area contributed by atoms with Crippen molar-refractivity contribution in [2.24, 2.45) is 5.92 Å². The van der Waals surface area contributed by atoms with Crippen LogP contribution in [0.15, 0.2) is 16.7 Å². The lowest BCUT2D eigenvalue weighted by Gasteiger charge is -2.38. The maximum atomic E-state index is 15.2. The number of carbonyl (C=O) groups excluding carboxylic acids is 2. The van der Waals surface area contributed by atoms with E-state index in [1.165, 1.54) is 11.1 Å². The molecule has 4 aliphatic rings. The van der Waals surface area contributed by atoms with E-state index in [4.69, 9.17) is 13.9 Å². The van der Waals surface area contributed by atoms with Gasteiger partial charge in [0.05, 0.1) is 19.3 Å². The van der Waals surface area contributed by atoms with Crippen LogP contribution in [0.5, 0.6) is 5.88 Å². The van der Waals surface area contributed by atoms with Crippen molar-refractivity contribution in [1.82, 2.24) is 25.2 Å². The summed E-state index contributed by atoms with van der Waals surface area (Å²) in [7, 11) is 1.80. The highest BCUT2D eigenvalue weighted by Gasteiger charge is 2.48. The number of oxazole rings is 1. The van der Waals surface area contributed by atoms with Crippen LogP contribution in [0.4, 0.5) is 20.8 Å². The molecule has 1 aliphatic carbocycles. The van der Waals surface area contributed by atoms with Gasteiger partial charge < -0.3 is 29.4 Å². The average Bonchev–Trinajstić information content (AvgIpc) is 3.61. The Labute approximate surface area is 222 Å². The van der Waals surface area contributed by atoms with E-state index in [2.05, 4.69) is 30.5 Å². The molecule has 0 saturated carbocycles. The van der Waals surface area contributed by atoms with E-state index < -0.39 is 11.7 Å². The van der Waals surface area contributed by atoms with Crippen molar-refractivity contribution in [3.63, 3.8) is 0 Å². The summed E-state index contributed by atoms with van der Waals surface area (Å²) in [4.78, 5) is 41.2. The van der Waals surface area contributed by atoms with Gasteiger partial charge >= 0.3 is 6.09 Å². The van der Waals surface area contributed by atoms with Crippen LogP contribution in [0.25, 0.3) is 11.1 Å². The normalized spacial score (nSPS) is 22.1. The van der Waals surface area contributed by atoms with Crippen LogP contribution < -0.4 is 20.3 Å². The molecule has 1 atom stereocenters. The molecule has 1 spiro atoms. The van der Waals surface area contributed by atoms with Gasteiger partial charge in [0.1, 0.15) is 11.1 Å². The smallest absolute Gasteiger partial charge is 0.416 e. The van der Waals surface area contributed by atoms with Gasteiger partial charge in [0.15, 0.2) is 29.6 Å². The number of nitrogens with zero attached hydrogens (tertiary/aromatic N) is 5. The van der Waals surface area contributed by atoms with Crippen molar-refractivity contribution < 1.29 is 27.9 Å². The van der Waals surface area contributed by atoms with E-state index in [1.54, 1.807) is 7.05 Å². The van der Waals surface area contributed by atoms with Crippen LogP contribution in [0.2, 0.25) is 0 Å². The van der Waals surface area contributed by atoms with Gasteiger partial charge in [-0.2, -0.15) is 0 Å². The van der Waals surface area contributed by atoms with Gasteiger partial charge in [-0.05, 0) is 43.0 Å². The standard InChI is InChI=1S/C26H28FN7O5/c1-28-10-20-30-17-8-15-6-14(7-16(15)21(27)22(17)38-20)11-33-4-2-26(3-5-33)13-34(25(36)39-26)18-9-29-24-23(31-18)32-19(35)12-37-24/h8-9,14,28H,2-7,10-13H2,1H3,(H,31,32,35). The summed E-state index contributed by atoms with van der Waals surface area (Å²) in [5.74, 6) is 0.922. The Hall–Kier alpha value is -3.84. The molecule has 1 unspecified atom stereocenters. The number of nitrogens with one attached hydrogen (secondary N) is 2. The summed E-state index contributed by atoms with van der Waals surface area (Å²) in [5.41, 5.74) is 1.96. The summed E-state index contributed by atoms with van der Waals surface area (Å²) in [6.45, 7) is 3.10. The second-order valence-electron chi connectivity index (χ2n) is 10.7. The van der Waals surface area contributed by atoms with Gasteiger partial charge in [-0.3, -0.25) is 9.69 Å². The third-order valence-corrected chi connectivity index (χ3v) is 8.04. The fraction of sp³-hybridized carbons (Fsp3) is 0.500. The number of benzene rings is 1. The Morgan fingerprint density at radius 2 is 2.08 bits per heavy atom. The largest absolute Gasteiger partial charge is 0.465 e. The summed E-state index contributed by atoms with van der Waals surface area (Å²) in [6.07, 6.45) is 3.83. The van der Waals surface area contributed by atoms with Crippen LogP contribution in [-0.4, -0.2) is 77.3 Å². The lowest BCUT2D eigenvalue weighted by molar-refractivity contribution is -0.118. The minimum atomic E-state index is -0.600. The van der Waals surface area contributed by atoms with E-state index in [-0.39, 0.29) is 35.6 Å². The van der Waals surface area contributed by atoms with Crippen LogP contribution in [-0.2, 0) is 28.9 Å². The molecule has 12 nitrogen and oxygen atoms in total. The van der Waals surface area contributed by atoms with Gasteiger partial charge in [-0.1, -0.05) is 0 Å². The van der Waals surface area contributed by atoms with Crippen molar-refractivity contribution in [3.05, 3.63) is 35.1 Å². The van der Waals surface area contributed by atoms with Crippen molar-refractivity contribution in [2.45, 2.75) is 37.8 Å². The zero-order valence-corrected chi connectivity index (χ0v) is 21.5. The van der Waals surface area contributed by atoms with Crippen molar-refractivity contribution in [1.29, 1.82) is 0 Å². The van der Waals surface area contributed by atoms with Crippen LogP contribution in [0, 0.1) is 11.7 Å². The molecular formula is C26H28FN7O5. The Morgan fingerprint density at radius 1 is 1.23 bits per heavy atom. The third kappa shape index (κ3) is 4.25. The molecule has 204 valence electrons. The third-order valence-electron chi connectivity index (χ3n) is 8.04. The Kier molecular flexibility index (Phi) is 5.67. The molecule has 2 N–H and O–H groups in total. The first-order valence-electron chi connectivity index (χ1n) is 13.2. The first-order valence-corrected chi connectivity index (χ1v) is 13.2. The van der Waals surface area contributed by atoms with Crippen LogP contribution in [0.3, 0.4) is 0 Å². The van der Waals surface area contributed by atoms with E-state index in [0.29, 0.717) is 55.5 Å². The molecule has 39 heavy (non-hydrogen) atoms. The Balaban J connectivity index is 0.980. The van der Waals surface area contributed by atoms with Crippen LogP contribution >= 0.6 is 0 Å². The quantitative estimate of drug-likeness (QED) is 0.498. The highest BCUT2D eigenvalue weighted by atomic mass is 19.1. The molecule has 13 heteroatoms. The Morgan fingerprint density at radius 3 is 2.90 bits per heavy atom. The van der Waals surface area contributed by atoms with E-state index in [1.807, 2.05) is 6.07 Å². The number of anilines is 2. The molecule has 2 fully saturated rings. The number of amides is 2. The van der Waals surface area contributed by atoms with Crippen molar-refractivity contribution >= 4 is 34.7 Å². The lowest BCUT2D eigenvalue weighted by Crippen LogP contribution is -2.48. The summed E-state index contributed by atoms with van der Waals surface area (Å²) < 4.78 is 32.0. The summed E-state index contributed by atoms with van der Waals surface area (Å²) >= 11 is 0. The van der Waals surface area contributed by atoms with Gasteiger partial charge in [0.25, 0.3) is 11.8 Å². The predicted molar refractivity (Wildman–Crippen MR) is 136 cm³/mol. The fourth-order valence-electron chi connectivity index (χ4n) is 6.15. The number of hydrogen-bond acceptors (Lipinski definition) is 10. The second-order valence-corrected chi connectivity index (χ2v) is 10.7. The SMILES string of the molecule is CNCc1nc2cc3c(c(F)c2o1)CC(CN1CCC2(CC1)CN(c1cnc4c(n1)NC(=O)CO4)C(=O)O2)C3. The molecule has 2 amide bonds. The molecule has 3 aromatic rings. The predicted octanol–water partition coefficient (Wildman–Crippen LogP) is 2.01. The van der Waals surface area contributed by atoms with E-state index in [9.17, 15) is 9.59 Å². The van der Waals surface area contributed by atoms with Crippen molar-refractivity contribution in [2.75, 3.05) is 50.1 Å². The van der Waals surface area contributed by atoms with Crippen molar-refractivity contribution in [3.8, 4) is 5.88 Å². The average molecular weight is 538 g/mol. The lowest BCUT2D eigenvalue weighted by atomic mass is 9.90. The first kappa shape index (κ1) is 24.2. The molecule has 3 aliphatic heterocycles. The zero-order chi connectivity index (χ0) is 26.7. The monoisotopic (exact) mass is 537 g/mol. The van der Waals surface area contributed by atoms with Gasteiger partial charge in [-0.15, -0.1) is 0 Å². The van der Waals surface area contributed by atoms with Crippen LogP contribution in [0.1, 0.15) is 29.9 Å². The molecule has 5 heterocycles. The minimum Gasteiger partial charge on any atom is -0.465 e. The van der Waals surface area contributed by atoms with Gasteiger partial charge in [0, 0.05) is 32.5 Å². The number of piperidine rings is 1. The number of rotatable bonds is 5. The zero-order valence-electron chi connectivity index (χ0n) is 21.5. The number of fused-ring (bicyclic) bond motifs is 3. The molecule has 7 rings (SSSR count). The first-order chi connectivity index (χ1) is 18.9. The summed E-state index contributed by atoms with van der Waals surface area (Å²) in [6, 6.07) is 1.97. The van der Waals surface area contributed by atoms with Gasteiger partial charge in [0.2, 0.25) is 5.89 Å². The summed E-state index contributed by atoms with van der Waals surface area (Å²) in [5, 5.41) is 5.60. The molecule has 2 saturated heterocycles. The minimum absolute atomic E-state index is 0.114. The molecule has 0 radical (unpaired) electrons. The van der Waals surface area contributed by atoms with Gasteiger partial charge in [-0.25, -0.2) is 24.1 Å². The fourth-order valence-corrected chi connectivity index (χ4v) is 6.15.